The van der Waals surface area contributed by atoms with Gasteiger partial charge in [0.05, 0.1) is 17.1 Å². The molecule has 0 bridgehead atoms. The third-order valence-electron chi connectivity index (χ3n) is 5.75. The number of nitrogens with zero attached hydrogens (tertiary/aromatic N) is 3. The van der Waals surface area contributed by atoms with Gasteiger partial charge < -0.3 is 10.6 Å². The van der Waals surface area contributed by atoms with Gasteiger partial charge in [-0.05, 0) is 49.9 Å². The Balaban J connectivity index is 1.63. The molecule has 2 aromatic rings. The Morgan fingerprint density at radius 3 is 2.69 bits per heavy atom. The molecule has 0 aliphatic carbocycles. The molecule has 1 atom stereocenters. The van der Waals surface area contributed by atoms with E-state index < -0.39 is 0 Å². The second-order valence-corrected chi connectivity index (χ2v) is 7.38. The summed E-state index contributed by atoms with van der Waals surface area (Å²) in [6.07, 6.45) is 3.14. The van der Waals surface area contributed by atoms with Crippen LogP contribution in [0.5, 0.6) is 0 Å². The molecular formula is C19H25N5O2. The zero-order valence-corrected chi connectivity index (χ0v) is 15.1. The van der Waals surface area contributed by atoms with E-state index in [4.69, 9.17) is 5.73 Å². The summed E-state index contributed by atoms with van der Waals surface area (Å²) in [6, 6.07) is 6.33. The number of anilines is 1. The molecule has 0 spiro atoms. The third kappa shape index (κ3) is 2.96. The summed E-state index contributed by atoms with van der Waals surface area (Å²) in [5.74, 6) is -0.169. The highest BCUT2D eigenvalue weighted by Crippen LogP contribution is 2.33. The Bertz CT molecular complexity index is 851. The van der Waals surface area contributed by atoms with E-state index in [2.05, 4.69) is 33.5 Å². The van der Waals surface area contributed by atoms with E-state index in [0.29, 0.717) is 18.8 Å². The minimum atomic E-state index is -0.359. The molecule has 1 unspecified atom stereocenters. The van der Waals surface area contributed by atoms with Crippen LogP contribution < -0.4 is 16.0 Å². The maximum Gasteiger partial charge on any atom is 0.235 e. The summed E-state index contributed by atoms with van der Waals surface area (Å²) < 4.78 is 1.84. The number of aromatic nitrogens is 2. The normalized spacial score (nSPS) is 22.1. The lowest BCUT2D eigenvalue weighted by molar-refractivity contribution is -0.134. The molecule has 2 aliphatic rings. The quantitative estimate of drug-likeness (QED) is 0.809. The van der Waals surface area contributed by atoms with Crippen LogP contribution in [0.25, 0.3) is 10.9 Å². The summed E-state index contributed by atoms with van der Waals surface area (Å²) >= 11 is 0. The van der Waals surface area contributed by atoms with Gasteiger partial charge in [-0.25, -0.2) is 0 Å². The topological polar surface area (TPSA) is 93.2 Å². The fraction of sp³-hybridized carbons (Fsp3) is 0.526. The summed E-state index contributed by atoms with van der Waals surface area (Å²) in [7, 11) is 1.90. The highest BCUT2D eigenvalue weighted by Gasteiger charge is 2.31. The molecule has 3 N–H and O–H groups in total. The Morgan fingerprint density at radius 1 is 1.23 bits per heavy atom. The maximum atomic E-state index is 12.2. The Kier molecular flexibility index (Phi) is 4.40. The number of hydrogen-bond acceptors (Lipinski definition) is 5. The first-order chi connectivity index (χ1) is 12.6. The van der Waals surface area contributed by atoms with Crippen LogP contribution in [0, 0.1) is 5.92 Å². The number of nitrogens with two attached hydrogens (primary N) is 1. The van der Waals surface area contributed by atoms with Crippen LogP contribution in [0.3, 0.4) is 0 Å². The summed E-state index contributed by atoms with van der Waals surface area (Å²) in [5, 5.41) is 8.03. The van der Waals surface area contributed by atoms with Gasteiger partial charge in [-0.15, -0.1) is 0 Å². The number of carbonyl (C=O) groups excluding carboxylic acids is 2. The van der Waals surface area contributed by atoms with Crippen molar-refractivity contribution in [3.05, 3.63) is 23.9 Å². The molecule has 2 saturated heterocycles. The lowest BCUT2D eigenvalue weighted by Gasteiger charge is -2.33. The molecule has 4 rings (SSSR count). The van der Waals surface area contributed by atoms with Crippen LogP contribution in [0.15, 0.2) is 18.2 Å². The predicted molar refractivity (Wildman–Crippen MR) is 99.8 cm³/mol. The highest BCUT2D eigenvalue weighted by atomic mass is 16.2. The second kappa shape index (κ2) is 6.72. The molecule has 1 aromatic heterocycles. The first-order valence-electron chi connectivity index (χ1n) is 9.32. The molecule has 2 aliphatic heterocycles. The largest absolute Gasteiger partial charge is 0.371 e. The van der Waals surface area contributed by atoms with Crippen LogP contribution >= 0.6 is 0 Å². The zero-order chi connectivity index (χ0) is 18.3. The maximum absolute atomic E-state index is 12.2. The molecule has 3 heterocycles. The molecule has 2 fully saturated rings. The number of aryl methyl sites for hydroxylation is 1. The number of piperidine rings is 2. The van der Waals surface area contributed by atoms with Gasteiger partial charge >= 0.3 is 0 Å². The molecule has 1 aromatic carbocycles. The molecule has 0 saturated carbocycles. The van der Waals surface area contributed by atoms with E-state index in [0.717, 1.165) is 49.1 Å². The monoisotopic (exact) mass is 355 g/mol. The zero-order valence-electron chi connectivity index (χ0n) is 15.1. The average Bonchev–Trinajstić information content (AvgIpc) is 2.98. The van der Waals surface area contributed by atoms with Crippen molar-refractivity contribution >= 4 is 28.4 Å². The fourth-order valence-corrected chi connectivity index (χ4v) is 4.11. The van der Waals surface area contributed by atoms with E-state index in [1.165, 1.54) is 5.69 Å². The molecule has 7 nitrogen and oxygen atoms in total. The van der Waals surface area contributed by atoms with E-state index in [-0.39, 0.29) is 17.7 Å². The lowest BCUT2D eigenvalue weighted by Crippen LogP contribution is -2.39. The van der Waals surface area contributed by atoms with Crippen LogP contribution in [-0.4, -0.2) is 41.2 Å². The van der Waals surface area contributed by atoms with Crippen molar-refractivity contribution in [2.45, 2.75) is 31.6 Å². The van der Waals surface area contributed by atoms with Gasteiger partial charge in [0.2, 0.25) is 11.8 Å². The van der Waals surface area contributed by atoms with E-state index in [1.54, 1.807) is 0 Å². The van der Waals surface area contributed by atoms with Crippen molar-refractivity contribution < 1.29 is 9.59 Å². The Morgan fingerprint density at radius 2 is 2.00 bits per heavy atom. The van der Waals surface area contributed by atoms with Gasteiger partial charge in [0.15, 0.2) is 0 Å². The summed E-state index contributed by atoms with van der Waals surface area (Å²) in [4.78, 5) is 26.0. The average molecular weight is 355 g/mol. The number of rotatable bonds is 3. The Hall–Kier alpha value is -2.41. The van der Waals surface area contributed by atoms with Crippen molar-refractivity contribution in [3.63, 3.8) is 0 Å². The number of imide groups is 1. The highest BCUT2D eigenvalue weighted by molar-refractivity contribution is 6.02. The molecule has 0 radical (unpaired) electrons. The van der Waals surface area contributed by atoms with Gasteiger partial charge in [-0.2, -0.15) is 5.10 Å². The van der Waals surface area contributed by atoms with Crippen molar-refractivity contribution in [3.8, 4) is 0 Å². The first kappa shape index (κ1) is 17.0. The van der Waals surface area contributed by atoms with Gasteiger partial charge in [0, 0.05) is 37.6 Å². The van der Waals surface area contributed by atoms with Gasteiger partial charge in [-0.3, -0.25) is 19.6 Å². The number of fused-ring (bicyclic) bond motifs is 1. The van der Waals surface area contributed by atoms with Crippen LogP contribution in [0.1, 0.15) is 37.3 Å². The van der Waals surface area contributed by atoms with Gasteiger partial charge in [-0.1, -0.05) is 0 Å². The van der Waals surface area contributed by atoms with Gasteiger partial charge in [0.1, 0.15) is 0 Å². The number of amides is 2. The number of benzene rings is 1. The number of hydrogen-bond donors (Lipinski definition) is 2. The second-order valence-electron chi connectivity index (χ2n) is 7.38. The van der Waals surface area contributed by atoms with Gasteiger partial charge in [0.25, 0.3) is 0 Å². The van der Waals surface area contributed by atoms with Crippen LogP contribution in [0.2, 0.25) is 0 Å². The van der Waals surface area contributed by atoms with E-state index >= 15 is 0 Å². The molecule has 7 heteroatoms. The molecule has 2 amide bonds. The SMILES string of the molecule is Cn1nc(C2CCC(=O)NC2=O)c2ccc(N3CCC(CN)CC3)cc21. The number of carbonyl (C=O) groups is 2. The summed E-state index contributed by atoms with van der Waals surface area (Å²) in [5.41, 5.74) is 8.76. The molecule has 138 valence electrons. The van der Waals surface area contributed by atoms with Crippen molar-refractivity contribution in [2.75, 3.05) is 24.5 Å². The van der Waals surface area contributed by atoms with Crippen molar-refractivity contribution in [1.82, 2.24) is 15.1 Å². The van der Waals surface area contributed by atoms with Crippen molar-refractivity contribution in [2.24, 2.45) is 18.7 Å². The standard InChI is InChI=1S/C19H25N5O2/c1-23-16-10-13(24-8-6-12(11-20)7-9-24)2-3-14(16)18(22-23)15-4-5-17(25)21-19(15)26/h2-3,10,12,15H,4-9,11,20H2,1H3,(H,21,25,26). The lowest BCUT2D eigenvalue weighted by atomic mass is 9.92. The Labute approximate surface area is 152 Å². The van der Waals surface area contributed by atoms with E-state index in [1.807, 2.05) is 11.7 Å². The molecular weight excluding hydrogens is 330 g/mol. The number of nitrogens with one attached hydrogen (secondary N) is 1. The fourth-order valence-electron chi connectivity index (χ4n) is 4.11. The first-order valence-corrected chi connectivity index (χ1v) is 9.32. The smallest absolute Gasteiger partial charge is 0.235 e. The minimum Gasteiger partial charge on any atom is -0.371 e. The van der Waals surface area contributed by atoms with Crippen LogP contribution in [-0.2, 0) is 16.6 Å². The van der Waals surface area contributed by atoms with Crippen LogP contribution in [0.4, 0.5) is 5.69 Å². The molecule has 26 heavy (non-hydrogen) atoms. The third-order valence-corrected chi connectivity index (χ3v) is 5.75. The van der Waals surface area contributed by atoms with E-state index in [9.17, 15) is 9.59 Å². The predicted octanol–water partition coefficient (Wildman–Crippen LogP) is 1.27. The minimum absolute atomic E-state index is 0.199. The van der Waals surface area contributed by atoms with Crippen molar-refractivity contribution in [1.29, 1.82) is 0 Å². The summed E-state index contributed by atoms with van der Waals surface area (Å²) in [6.45, 7) is 2.81.